The van der Waals surface area contributed by atoms with Gasteiger partial charge in [0.2, 0.25) is 6.79 Å². The fraction of sp³-hybridized carbons (Fsp3) is 0.556. The SMILES string of the molecule is CC(C)(C)OC(=O)NC1CCN(CC(=O)c2ccc3c(c2)OCO3)C1. The van der Waals surface area contributed by atoms with E-state index in [2.05, 4.69) is 5.32 Å². The number of ether oxygens (including phenoxy) is 3. The maximum absolute atomic E-state index is 12.5. The number of carbonyl (C=O) groups excluding carboxylic acids is 2. The second kappa shape index (κ2) is 6.92. The first-order valence-corrected chi connectivity index (χ1v) is 8.45. The molecule has 0 spiro atoms. The normalized spacial score (nSPS) is 19.7. The van der Waals surface area contributed by atoms with Crippen LogP contribution < -0.4 is 14.8 Å². The second-order valence-corrected chi connectivity index (χ2v) is 7.36. The summed E-state index contributed by atoms with van der Waals surface area (Å²) >= 11 is 0. The lowest BCUT2D eigenvalue weighted by molar-refractivity contribution is 0.0506. The number of hydrogen-bond donors (Lipinski definition) is 1. The van der Waals surface area contributed by atoms with Gasteiger partial charge in [0.15, 0.2) is 17.3 Å². The molecule has 136 valence electrons. The number of alkyl carbamates (subject to hydrolysis) is 1. The number of hydrogen-bond acceptors (Lipinski definition) is 6. The minimum absolute atomic E-state index is 0.000552. The third-order valence-electron chi connectivity index (χ3n) is 4.05. The molecule has 25 heavy (non-hydrogen) atoms. The Morgan fingerprint density at radius 3 is 2.80 bits per heavy atom. The molecule has 3 rings (SSSR count). The summed E-state index contributed by atoms with van der Waals surface area (Å²) in [5.41, 5.74) is 0.0883. The van der Waals surface area contributed by atoms with E-state index < -0.39 is 11.7 Å². The summed E-state index contributed by atoms with van der Waals surface area (Å²) in [6, 6.07) is 5.23. The van der Waals surface area contributed by atoms with Crippen LogP contribution >= 0.6 is 0 Å². The highest BCUT2D eigenvalue weighted by molar-refractivity contribution is 5.98. The summed E-state index contributed by atoms with van der Waals surface area (Å²) in [5, 5.41) is 2.86. The summed E-state index contributed by atoms with van der Waals surface area (Å²) < 4.78 is 15.8. The summed E-state index contributed by atoms with van der Waals surface area (Å²) in [6.07, 6.45) is 0.384. The Balaban J connectivity index is 1.49. The van der Waals surface area contributed by atoms with Gasteiger partial charge in [0.1, 0.15) is 5.60 Å². The molecule has 1 unspecified atom stereocenters. The van der Waals surface area contributed by atoms with Gasteiger partial charge in [-0.2, -0.15) is 0 Å². The molecular formula is C18H24N2O5. The first-order chi connectivity index (χ1) is 11.8. The van der Waals surface area contributed by atoms with Crippen molar-refractivity contribution in [3.63, 3.8) is 0 Å². The molecule has 1 atom stereocenters. The molecule has 7 nitrogen and oxygen atoms in total. The van der Waals surface area contributed by atoms with Crippen molar-refractivity contribution >= 4 is 11.9 Å². The molecule has 2 heterocycles. The number of rotatable bonds is 4. The Bertz CT molecular complexity index is 668. The van der Waals surface area contributed by atoms with Crippen LogP contribution in [0.15, 0.2) is 18.2 Å². The van der Waals surface area contributed by atoms with Crippen LogP contribution in [0.4, 0.5) is 4.79 Å². The van der Waals surface area contributed by atoms with Gasteiger partial charge in [-0.05, 0) is 45.4 Å². The standard InChI is InChI=1S/C18H24N2O5/c1-18(2,3)25-17(22)19-13-6-7-20(9-13)10-14(21)12-4-5-15-16(8-12)24-11-23-15/h4-5,8,13H,6-7,9-11H2,1-3H3,(H,19,22). The van der Waals surface area contributed by atoms with Gasteiger partial charge < -0.3 is 19.5 Å². The van der Waals surface area contributed by atoms with E-state index in [0.717, 1.165) is 13.0 Å². The zero-order chi connectivity index (χ0) is 18.0. The molecule has 0 aliphatic carbocycles. The number of benzene rings is 1. The molecule has 0 radical (unpaired) electrons. The van der Waals surface area contributed by atoms with Crippen molar-refractivity contribution < 1.29 is 23.8 Å². The van der Waals surface area contributed by atoms with Gasteiger partial charge in [0, 0.05) is 24.7 Å². The highest BCUT2D eigenvalue weighted by atomic mass is 16.7. The zero-order valence-corrected chi connectivity index (χ0v) is 14.8. The van der Waals surface area contributed by atoms with Crippen LogP contribution in [0.3, 0.4) is 0 Å². The van der Waals surface area contributed by atoms with Gasteiger partial charge in [0.25, 0.3) is 0 Å². The molecule has 1 aromatic rings. The number of nitrogens with one attached hydrogen (secondary N) is 1. The van der Waals surface area contributed by atoms with E-state index in [1.54, 1.807) is 18.2 Å². The first kappa shape index (κ1) is 17.5. The number of likely N-dealkylation sites (tertiary alicyclic amines) is 1. The minimum Gasteiger partial charge on any atom is -0.454 e. The van der Waals surface area contributed by atoms with Gasteiger partial charge in [-0.3, -0.25) is 9.69 Å². The lowest BCUT2D eigenvalue weighted by Crippen LogP contribution is -2.41. The van der Waals surface area contributed by atoms with Crippen LogP contribution in [0.5, 0.6) is 11.5 Å². The van der Waals surface area contributed by atoms with Crippen molar-refractivity contribution in [2.75, 3.05) is 26.4 Å². The number of Topliss-reactive ketones (excluding diaryl/α,β-unsaturated/α-hetero) is 1. The Morgan fingerprint density at radius 2 is 2.04 bits per heavy atom. The maximum atomic E-state index is 12.5. The van der Waals surface area contributed by atoms with E-state index >= 15 is 0 Å². The second-order valence-electron chi connectivity index (χ2n) is 7.36. The third-order valence-corrected chi connectivity index (χ3v) is 4.05. The molecule has 0 bridgehead atoms. The largest absolute Gasteiger partial charge is 0.454 e. The number of fused-ring (bicyclic) bond motifs is 1. The number of ketones is 1. The van der Waals surface area contributed by atoms with Gasteiger partial charge >= 0.3 is 6.09 Å². The van der Waals surface area contributed by atoms with Crippen LogP contribution in [-0.2, 0) is 4.74 Å². The molecule has 0 saturated carbocycles. The molecule has 1 amide bonds. The Labute approximate surface area is 147 Å². The van der Waals surface area contributed by atoms with E-state index in [-0.39, 0.29) is 18.6 Å². The van der Waals surface area contributed by atoms with Crippen molar-refractivity contribution in [1.82, 2.24) is 10.2 Å². The van der Waals surface area contributed by atoms with E-state index in [9.17, 15) is 9.59 Å². The summed E-state index contributed by atoms with van der Waals surface area (Å²) in [4.78, 5) is 26.3. The topological polar surface area (TPSA) is 77.1 Å². The Hall–Kier alpha value is -2.28. The maximum Gasteiger partial charge on any atom is 0.407 e. The molecular weight excluding hydrogens is 324 g/mol. The number of nitrogens with zero attached hydrogens (tertiary/aromatic N) is 1. The minimum atomic E-state index is -0.516. The van der Waals surface area contributed by atoms with E-state index in [4.69, 9.17) is 14.2 Å². The van der Waals surface area contributed by atoms with Crippen LogP contribution in [-0.4, -0.2) is 54.8 Å². The van der Waals surface area contributed by atoms with Crippen molar-refractivity contribution in [2.24, 2.45) is 0 Å². The predicted molar refractivity (Wildman–Crippen MR) is 91.1 cm³/mol. The van der Waals surface area contributed by atoms with Crippen LogP contribution in [0.2, 0.25) is 0 Å². The number of amides is 1. The van der Waals surface area contributed by atoms with Crippen molar-refractivity contribution in [3.8, 4) is 11.5 Å². The van der Waals surface area contributed by atoms with Gasteiger partial charge in [0.05, 0.1) is 6.54 Å². The monoisotopic (exact) mass is 348 g/mol. The zero-order valence-electron chi connectivity index (χ0n) is 14.8. The summed E-state index contributed by atoms with van der Waals surface area (Å²) in [6.45, 7) is 7.39. The van der Waals surface area contributed by atoms with Crippen molar-refractivity contribution in [1.29, 1.82) is 0 Å². The highest BCUT2D eigenvalue weighted by Gasteiger charge is 2.27. The molecule has 1 saturated heterocycles. The smallest absolute Gasteiger partial charge is 0.407 e. The summed E-state index contributed by atoms with van der Waals surface area (Å²) in [7, 11) is 0. The highest BCUT2D eigenvalue weighted by Crippen LogP contribution is 2.32. The quantitative estimate of drug-likeness (QED) is 0.841. The molecule has 7 heteroatoms. The summed E-state index contributed by atoms with van der Waals surface area (Å²) in [5.74, 6) is 1.30. The van der Waals surface area contributed by atoms with Crippen LogP contribution in [0.25, 0.3) is 0 Å². The average molecular weight is 348 g/mol. The van der Waals surface area contributed by atoms with Gasteiger partial charge in [-0.1, -0.05) is 0 Å². The molecule has 1 aromatic carbocycles. The lowest BCUT2D eigenvalue weighted by Gasteiger charge is -2.22. The third kappa shape index (κ3) is 4.63. The lowest BCUT2D eigenvalue weighted by atomic mass is 10.1. The first-order valence-electron chi connectivity index (χ1n) is 8.45. The van der Waals surface area contributed by atoms with Crippen LogP contribution in [0.1, 0.15) is 37.6 Å². The van der Waals surface area contributed by atoms with Gasteiger partial charge in [-0.25, -0.2) is 4.79 Å². The number of carbonyl (C=O) groups is 2. The van der Waals surface area contributed by atoms with E-state index in [1.807, 2.05) is 25.7 Å². The molecule has 0 aromatic heterocycles. The van der Waals surface area contributed by atoms with E-state index in [1.165, 1.54) is 0 Å². The van der Waals surface area contributed by atoms with Gasteiger partial charge in [-0.15, -0.1) is 0 Å². The van der Waals surface area contributed by atoms with E-state index in [0.29, 0.717) is 30.2 Å². The van der Waals surface area contributed by atoms with Crippen LogP contribution in [0, 0.1) is 0 Å². The molecule has 1 N–H and O–H groups in total. The Morgan fingerprint density at radius 1 is 1.28 bits per heavy atom. The predicted octanol–water partition coefficient (Wildman–Crippen LogP) is 2.20. The molecule has 2 aliphatic heterocycles. The fourth-order valence-electron chi connectivity index (χ4n) is 2.93. The molecule has 2 aliphatic rings. The average Bonchev–Trinajstić information content (AvgIpc) is 3.13. The Kier molecular flexibility index (Phi) is 4.85. The van der Waals surface area contributed by atoms with Crippen molar-refractivity contribution in [3.05, 3.63) is 23.8 Å². The van der Waals surface area contributed by atoms with Crippen molar-refractivity contribution in [2.45, 2.75) is 38.8 Å². The molecule has 1 fully saturated rings. The fourth-order valence-corrected chi connectivity index (χ4v) is 2.93.